The molecule has 0 spiro atoms. The molecule has 0 saturated carbocycles. The Morgan fingerprint density at radius 3 is 2.41 bits per heavy atom. The standard InChI is InChI=1S/C30H28FN5O2S/c1-4-5-6-27(37)36-30-35-25-14-10-21(16-26(25)39-30)20-9-13-24-23(15-20)28(34-18(3)33-24)29(38)32-17(2)19-7-11-22(31)12-8-19/h7-17H,4-6H2,1-3H3,(H,32,38)(H,35,36,37)/t17-/m0/s1. The first kappa shape index (κ1) is 26.4. The van der Waals surface area contributed by atoms with Crippen molar-refractivity contribution in [1.29, 1.82) is 0 Å². The monoisotopic (exact) mass is 541 g/mol. The smallest absolute Gasteiger partial charge is 0.271 e. The van der Waals surface area contributed by atoms with Crippen molar-refractivity contribution in [3.05, 3.63) is 83.6 Å². The molecule has 0 saturated heterocycles. The van der Waals surface area contributed by atoms with E-state index in [0.717, 1.165) is 39.7 Å². The largest absolute Gasteiger partial charge is 0.344 e. The Labute approximate surface area is 229 Å². The van der Waals surface area contributed by atoms with E-state index < -0.39 is 0 Å². The fourth-order valence-corrected chi connectivity index (χ4v) is 5.30. The number of amides is 2. The summed E-state index contributed by atoms with van der Waals surface area (Å²) < 4.78 is 14.3. The summed E-state index contributed by atoms with van der Waals surface area (Å²) in [5, 5.41) is 7.08. The second-order valence-corrected chi connectivity index (χ2v) is 10.5. The normalized spacial score (nSPS) is 12.0. The number of hydrogen-bond donors (Lipinski definition) is 2. The average Bonchev–Trinajstić information content (AvgIpc) is 3.32. The van der Waals surface area contributed by atoms with Crippen molar-refractivity contribution in [3.63, 3.8) is 0 Å². The van der Waals surface area contributed by atoms with Crippen molar-refractivity contribution >= 4 is 49.4 Å². The first-order valence-electron chi connectivity index (χ1n) is 12.9. The number of halogens is 1. The van der Waals surface area contributed by atoms with Crippen LogP contribution in [0.15, 0.2) is 60.7 Å². The van der Waals surface area contributed by atoms with Crippen LogP contribution in [-0.2, 0) is 4.79 Å². The highest BCUT2D eigenvalue weighted by atomic mass is 32.1. The van der Waals surface area contributed by atoms with Crippen molar-refractivity contribution in [1.82, 2.24) is 20.3 Å². The summed E-state index contributed by atoms with van der Waals surface area (Å²) in [4.78, 5) is 39.0. The van der Waals surface area contributed by atoms with E-state index in [-0.39, 0.29) is 29.4 Å². The van der Waals surface area contributed by atoms with Gasteiger partial charge < -0.3 is 10.6 Å². The number of aryl methyl sites for hydroxylation is 1. The number of nitrogens with zero attached hydrogens (tertiary/aromatic N) is 3. The molecule has 2 N–H and O–H groups in total. The summed E-state index contributed by atoms with van der Waals surface area (Å²) in [6.07, 6.45) is 2.29. The van der Waals surface area contributed by atoms with Gasteiger partial charge in [-0.05, 0) is 73.4 Å². The van der Waals surface area contributed by atoms with Crippen LogP contribution in [0.4, 0.5) is 9.52 Å². The van der Waals surface area contributed by atoms with E-state index in [2.05, 4.69) is 32.5 Å². The molecule has 7 nitrogen and oxygen atoms in total. The van der Waals surface area contributed by atoms with E-state index in [4.69, 9.17) is 0 Å². The summed E-state index contributed by atoms with van der Waals surface area (Å²) in [7, 11) is 0. The Balaban J connectivity index is 1.44. The van der Waals surface area contributed by atoms with Crippen LogP contribution in [0.5, 0.6) is 0 Å². The zero-order chi connectivity index (χ0) is 27.5. The van der Waals surface area contributed by atoms with Gasteiger partial charge in [-0.15, -0.1) is 0 Å². The quantitative estimate of drug-likeness (QED) is 0.221. The number of fused-ring (bicyclic) bond motifs is 2. The molecular formula is C30H28FN5O2S. The maximum Gasteiger partial charge on any atom is 0.271 e. The van der Waals surface area contributed by atoms with Crippen LogP contribution >= 0.6 is 11.3 Å². The molecule has 2 aromatic heterocycles. The fraction of sp³-hybridized carbons (Fsp3) is 0.233. The summed E-state index contributed by atoms with van der Waals surface area (Å²) in [6.45, 7) is 5.65. The number of aromatic nitrogens is 3. The number of carbonyl (C=O) groups excluding carboxylic acids is 2. The predicted octanol–water partition coefficient (Wildman–Crippen LogP) is 6.97. The zero-order valence-electron chi connectivity index (χ0n) is 21.9. The van der Waals surface area contributed by atoms with Gasteiger partial charge in [0.15, 0.2) is 5.13 Å². The summed E-state index contributed by atoms with van der Waals surface area (Å²) >= 11 is 1.43. The minimum Gasteiger partial charge on any atom is -0.344 e. The number of unbranched alkanes of at least 4 members (excludes halogenated alkanes) is 1. The molecule has 2 heterocycles. The lowest BCUT2D eigenvalue weighted by Crippen LogP contribution is -2.28. The van der Waals surface area contributed by atoms with E-state index in [9.17, 15) is 14.0 Å². The molecule has 0 radical (unpaired) electrons. The van der Waals surface area contributed by atoms with Gasteiger partial charge in [0.2, 0.25) is 5.91 Å². The first-order valence-corrected chi connectivity index (χ1v) is 13.7. The van der Waals surface area contributed by atoms with E-state index in [0.29, 0.717) is 28.3 Å². The molecule has 0 aliphatic heterocycles. The lowest BCUT2D eigenvalue weighted by molar-refractivity contribution is -0.116. The third-order valence-corrected chi connectivity index (χ3v) is 7.40. The van der Waals surface area contributed by atoms with Crippen LogP contribution in [0.2, 0.25) is 0 Å². The second-order valence-electron chi connectivity index (χ2n) is 9.45. The zero-order valence-corrected chi connectivity index (χ0v) is 22.7. The molecule has 0 bridgehead atoms. The Morgan fingerprint density at radius 2 is 1.67 bits per heavy atom. The predicted molar refractivity (Wildman–Crippen MR) is 153 cm³/mol. The van der Waals surface area contributed by atoms with Gasteiger partial charge in [0.05, 0.1) is 21.8 Å². The highest BCUT2D eigenvalue weighted by Crippen LogP contribution is 2.32. The van der Waals surface area contributed by atoms with Gasteiger partial charge in [-0.2, -0.15) is 0 Å². The van der Waals surface area contributed by atoms with Crippen molar-refractivity contribution in [2.75, 3.05) is 5.32 Å². The van der Waals surface area contributed by atoms with Gasteiger partial charge in [0.25, 0.3) is 5.91 Å². The maximum atomic E-state index is 13.3. The molecular weight excluding hydrogens is 513 g/mol. The van der Waals surface area contributed by atoms with Gasteiger partial charge in [-0.3, -0.25) is 9.59 Å². The highest BCUT2D eigenvalue weighted by molar-refractivity contribution is 7.22. The molecule has 2 amide bonds. The molecule has 0 unspecified atom stereocenters. The summed E-state index contributed by atoms with van der Waals surface area (Å²) in [5.74, 6) is -0.192. The number of hydrogen-bond acceptors (Lipinski definition) is 6. The molecule has 0 aliphatic carbocycles. The second kappa shape index (κ2) is 11.2. The average molecular weight is 542 g/mol. The minimum atomic E-state index is -0.336. The van der Waals surface area contributed by atoms with Crippen molar-refractivity contribution < 1.29 is 14.0 Å². The molecule has 1 atom stereocenters. The number of benzene rings is 3. The van der Waals surface area contributed by atoms with Crippen molar-refractivity contribution in [3.8, 4) is 11.1 Å². The van der Waals surface area contributed by atoms with Crippen LogP contribution in [-0.4, -0.2) is 26.8 Å². The third-order valence-electron chi connectivity index (χ3n) is 6.47. The van der Waals surface area contributed by atoms with Gasteiger partial charge in [-0.25, -0.2) is 19.3 Å². The van der Waals surface area contributed by atoms with Crippen LogP contribution in [0.1, 0.15) is 61.0 Å². The van der Waals surface area contributed by atoms with Crippen LogP contribution in [0.25, 0.3) is 32.2 Å². The Kier molecular flexibility index (Phi) is 7.60. The molecule has 198 valence electrons. The maximum absolute atomic E-state index is 13.3. The Bertz CT molecular complexity index is 1680. The van der Waals surface area contributed by atoms with Gasteiger partial charge >= 0.3 is 0 Å². The van der Waals surface area contributed by atoms with Gasteiger partial charge in [-0.1, -0.05) is 48.9 Å². The van der Waals surface area contributed by atoms with E-state index in [1.54, 1.807) is 19.1 Å². The number of rotatable bonds is 8. The number of anilines is 1. The van der Waals surface area contributed by atoms with Crippen molar-refractivity contribution in [2.24, 2.45) is 0 Å². The number of nitrogens with one attached hydrogen (secondary N) is 2. The highest BCUT2D eigenvalue weighted by Gasteiger charge is 2.18. The molecule has 5 rings (SSSR count). The Morgan fingerprint density at radius 1 is 0.949 bits per heavy atom. The van der Waals surface area contributed by atoms with Crippen LogP contribution < -0.4 is 10.6 Å². The minimum absolute atomic E-state index is 0.0273. The topological polar surface area (TPSA) is 96.9 Å². The first-order chi connectivity index (χ1) is 18.8. The molecule has 3 aromatic carbocycles. The van der Waals surface area contributed by atoms with E-state index >= 15 is 0 Å². The SMILES string of the molecule is CCCCC(=O)Nc1nc2ccc(-c3ccc4nc(C)nc(C(=O)N[C@@H](C)c5ccc(F)cc5)c4c3)cc2s1. The van der Waals surface area contributed by atoms with Crippen LogP contribution in [0, 0.1) is 12.7 Å². The molecule has 39 heavy (non-hydrogen) atoms. The molecule has 0 fully saturated rings. The van der Waals surface area contributed by atoms with Crippen LogP contribution in [0.3, 0.4) is 0 Å². The summed E-state index contributed by atoms with van der Waals surface area (Å²) in [5.41, 5.74) is 4.40. The lowest BCUT2D eigenvalue weighted by atomic mass is 10.0. The lowest BCUT2D eigenvalue weighted by Gasteiger charge is -2.15. The summed E-state index contributed by atoms with van der Waals surface area (Å²) in [6, 6.07) is 17.4. The van der Waals surface area contributed by atoms with Gasteiger partial charge in [0.1, 0.15) is 17.3 Å². The van der Waals surface area contributed by atoms with E-state index in [1.807, 2.05) is 43.3 Å². The van der Waals surface area contributed by atoms with Gasteiger partial charge in [0, 0.05) is 11.8 Å². The molecule has 5 aromatic rings. The molecule has 9 heteroatoms. The van der Waals surface area contributed by atoms with Crippen molar-refractivity contribution in [2.45, 2.75) is 46.1 Å². The fourth-order valence-electron chi connectivity index (χ4n) is 4.37. The Hall–Kier alpha value is -4.24. The number of carbonyl (C=O) groups is 2. The third kappa shape index (κ3) is 5.93. The number of thiazole rings is 1. The van der Waals surface area contributed by atoms with E-state index in [1.165, 1.54) is 23.5 Å². The molecule has 0 aliphatic rings.